The number of hydrogen-bond donors (Lipinski definition) is 0. The van der Waals surface area contributed by atoms with Gasteiger partial charge in [0.05, 0.1) is 12.2 Å². The molecule has 0 N–H and O–H groups in total. The highest BCUT2D eigenvalue weighted by Gasteiger charge is 2.26. The molecule has 0 bridgehead atoms. The summed E-state index contributed by atoms with van der Waals surface area (Å²) in [6.07, 6.45) is 4.19. The van der Waals surface area contributed by atoms with Crippen LogP contribution in [0.25, 0.3) is 0 Å². The van der Waals surface area contributed by atoms with Crippen LogP contribution in [0.1, 0.15) is 91.8 Å². The van der Waals surface area contributed by atoms with E-state index in [1.54, 1.807) is 0 Å². The third kappa shape index (κ3) is 6.07. The fourth-order valence-corrected chi connectivity index (χ4v) is 4.34. The zero-order valence-corrected chi connectivity index (χ0v) is 20.1. The van der Waals surface area contributed by atoms with E-state index in [-0.39, 0.29) is 10.8 Å². The molecule has 0 aliphatic carbocycles. The molecule has 1 aromatic rings. The third-order valence-corrected chi connectivity index (χ3v) is 6.97. The number of nitrogens with zero attached hydrogens (tertiary/aromatic N) is 1. The summed E-state index contributed by atoms with van der Waals surface area (Å²) in [4.78, 5) is 2.60. The highest BCUT2D eigenvalue weighted by molar-refractivity contribution is 5.38. The van der Waals surface area contributed by atoms with Crippen LogP contribution in [-0.2, 0) is 22.0 Å². The van der Waals surface area contributed by atoms with Gasteiger partial charge in [0, 0.05) is 19.6 Å². The van der Waals surface area contributed by atoms with Gasteiger partial charge in [-0.05, 0) is 66.5 Å². The number of benzene rings is 1. The molecule has 1 saturated heterocycles. The van der Waals surface area contributed by atoms with Gasteiger partial charge in [-0.15, -0.1) is 0 Å². The maximum atomic E-state index is 5.91. The highest BCUT2D eigenvalue weighted by Crippen LogP contribution is 2.34. The molecule has 0 aromatic heterocycles. The van der Waals surface area contributed by atoms with Crippen LogP contribution in [0.4, 0.5) is 0 Å². The van der Waals surface area contributed by atoms with Crippen LogP contribution in [0, 0.1) is 5.92 Å². The first-order valence-electron chi connectivity index (χ1n) is 11.5. The summed E-state index contributed by atoms with van der Waals surface area (Å²) in [5.74, 6) is 0.648. The zero-order valence-electron chi connectivity index (χ0n) is 20.1. The van der Waals surface area contributed by atoms with Crippen molar-refractivity contribution in [2.24, 2.45) is 5.92 Å². The quantitative estimate of drug-likeness (QED) is 0.515. The Kier molecular flexibility index (Phi) is 7.78. The molecule has 2 rings (SSSR count). The van der Waals surface area contributed by atoms with Crippen LogP contribution in [0.15, 0.2) is 18.2 Å². The molecule has 1 aliphatic rings. The standard InChI is InChI=1S/C26H45NO/c1-10-25(6,7)23-13-22(14-24(15-23)26(8,9)11-2)12-19(3)16-27-17-20(4)28-21(5)18-27/h13-15,19-21H,10-12,16-18H2,1-9H3/t19?,20-,21+. The van der Waals surface area contributed by atoms with Gasteiger partial charge in [-0.25, -0.2) is 0 Å². The lowest BCUT2D eigenvalue weighted by Crippen LogP contribution is -2.47. The molecule has 3 atom stereocenters. The molecule has 2 heteroatoms. The SMILES string of the molecule is CCC(C)(C)c1cc(CC(C)CN2C[C@@H](C)O[C@@H](C)C2)cc(C(C)(C)CC)c1. The van der Waals surface area contributed by atoms with Gasteiger partial charge in [-0.2, -0.15) is 0 Å². The van der Waals surface area contributed by atoms with Gasteiger partial charge in [0.25, 0.3) is 0 Å². The molecule has 1 aliphatic heterocycles. The second-order valence-corrected chi connectivity index (χ2v) is 10.7. The van der Waals surface area contributed by atoms with Crippen LogP contribution in [0.2, 0.25) is 0 Å². The topological polar surface area (TPSA) is 12.5 Å². The molecule has 0 radical (unpaired) electrons. The normalized spacial score (nSPS) is 23.0. The van der Waals surface area contributed by atoms with Gasteiger partial charge in [0.15, 0.2) is 0 Å². The van der Waals surface area contributed by atoms with E-state index >= 15 is 0 Å². The molecular weight excluding hydrogens is 342 g/mol. The van der Waals surface area contributed by atoms with E-state index in [0.717, 1.165) is 26.1 Å². The van der Waals surface area contributed by atoms with Gasteiger partial charge in [-0.3, -0.25) is 4.90 Å². The maximum absolute atomic E-state index is 5.91. The Hall–Kier alpha value is -0.860. The van der Waals surface area contributed by atoms with Crippen molar-refractivity contribution in [1.29, 1.82) is 0 Å². The summed E-state index contributed by atoms with van der Waals surface area (Å²) in [5.41, 5.74) is 4.98. The smallest absolute Gasteiger partial charge is 0.0678 e. The maximum Gasteiger partial charge on any atom is 0.0678 e. The minimum Gasteiger partial charge on any atom is -0.373 e. The van der Waals surface area contributed by atoms with Crippen molar-refractivity contribution < 1.29 is 4.74 Å². The van der Waals surface area contributed by atoms with E-state index in [2.05, 4.69) is 85.4 Å². The van der Waals surface area contributed by atoms with E-state index in [1.165, 1.54) is 29.5 Å². The molecule has 0 saturated carbocycles. The minimum atomic E-state index is 0.229. The summed E-state index contributed by atoms with van der Waals surface area (Å²) < 4.78 is 5.91. The van der Waals surface area contributed by atoms with Crippen LogP contribution in [0.5, 0.6) is 0 Å². The summed E-state index contributed by atoms with van der Waals surface area (Å²) in [6, 6.07) is 7.45. The van der Waals surface area contributed by atoms with Gasteiger partial charge in [0.2, 0.25) is 0 Å². The molecule has 1 unspecified atom stereocenters. The predicted octanol–water partition coefficient (Wildman–Crippen LogP) is 6.35. The molecule has 1 heterocycles. The Bertz CT molecular complexity index is 589. The van der Waals surface area contributed by atoms with Gasteiger partial charge >= 0.3 is 0 Å². The molecule has 28 heavy (non-hydrogen) atoms. The monoisotopic (exact) mass is 387 g/mol. The van der Waals surface area contributed by atoms with Crippen molar-refractivity contribution in [2.45, 2.75) is 105 Å². The molecule has 2 nitrogen and oxygen atoms in total. The van der Waals surface area contributed by atoms with E-state index in [0.29, 0.717) is 18.1 Å². The number of rotatable bonds is 8. The fraction of sp³-hybridized carbons (Fsp3) is 0.769. The second-order valence-electron chi connectivity index (χ2n) is 10.7. The Balaban J connectivity index is 2.21. The van der Waals surface area contributed by atoms with Gasteiger partial charge in [-0.1, -0.05) is 66.7 Å². The lowest BCUT2D eigenvalue weighted by atomic mass is 9.75. The van der Waals surface area contributed by atoms with Crippen molar-refractivity contribution in [3.05, 3.63) is 34.9 Å². The predicted molar refractivity (Wildman–Crippen MR) is 122 cm³/mol. The molecule has 0 amide bonds. The number of hydrogen-bond acceptors (Lipinski definition) is 2. The second kappa shape index (κ2) is 9.30. The van der Waals surface area contributed by atoms with Crippen LogP contribution in [0.3, 0.4) is 0 Å². The average Bonchev–Trinajstić information content (AvgIpc) is 2.60. The Labute approximate surface area is 175 Å². The van der Waals surface area contributed by atoms with Crippen LogP contribution < -0.4 is 0 Å². The molecule has 0 spiro atoms. The number of ether oxygens (including phenoxy) is 1. The number of morpholine rings is 1. The van der Waals surface area contributed by atoms with Gasteiger partial charge in [0.1, 0.15) is 0 Å². The van der Waals surface area contributed by atoms with Crippen molar-refractivity contribution in [2.75, 3.05) is 19.6 Å². The van der Waals surface area contributed by atoms with E-state index in [1.807, 2.05) is 0 Å². The van der Waals surface area contributed by atoms with Crippen LogP contribution >= 0.6 is 0 Å². The summed E-state index contributed by atoms with van der Waals surface area (Å²) >= 11 is 0. The van der Waals surface area contributed by atoms with E-state index < -0.39 is 0 Å². The summed E-state index contributed by atoms with van der Waals surface area (Å²) in [5, 5.41) is 0. The van der Waals surface area contributed by atoms with E-state index in [4.69, 9.17) is 4.74 Å². The lowest BCUT2D eigenvalue weighted by Gasteiger charge is -2.36. The Morgan fingerprint density at radius 1 is 0.929 bits per heavy atom. The van der Waals surface area contributed by atoms with E-state index in [9.17, 15) is 0 Å². The van der Waals surface area contributed by atoms with Crippen molar-refractivity contribution in [3.8, 4) is 0 Å². The summed E-state index contributed by atoms with van der Waals surface area (Å²) in [6.45, 7) is 24.2. The van der Waals surface area contributed by atoms with Crippen molar-refractivity contribution in [1.82, 2.24) is 4.90 Å². The molecule has 160 valence electrons. The summed E-state index contributed by atoms with van der Waals surface area (Å²) in [7, 11) is 0. The van der Waals surface area contributed by atoms with Crippen molar-refractivity contribution in [3.63, 3.8) is 0 Å². The Morgan fingerprint density at radius 3 is 1.82 bits per heavy atom. The Morgan fingerprint density at radius 2 is 1.39 bits per heavy atom. The van der Waals surface area contributed by atoms with Gasteiger partial charge < -0.3 is 4.74 Å². The van der Waals surface area contributed by atoms with Crippen molar-refractivity contribution >= 4 is 0 Å². The molecular formula is C26H45NO. The highest BCUT2D eigenvalue weighted by atomic mass is 16.5. The van der Waals surface area contributed by atoms with Crippen LogP contribution in [-0.4, -0.2) is 36.7 Å². The largest absolute Gasteiger partial charge is 0.373 e. The first-order chi connectivity index (χ1) is 13.0. The average molecular weight is 388 g/mol. The molecule has 1 fully saturated rings. The first kappa shape index (κ1) is 23.4. The fourth-order valence-electron chi connectivity index (χ4n) is 4.34. The zero-order chi connectivity index (χ0) is 21.1. The lowest BCUT2D eigenvalue weighted by molar-refractivity contribution is -0.0708. The minimum absolute atomic E-state index is 0.229. The molecule has 1 aromatic carbocycles. The first-order valence-corrected chi connectivity index (χ1v) is 11.5. The third-order valence-electron chi connectivity index (χ3n) is 6.97.